The van der Waals surface area contributed by atoms with Gasteiger partial charge in [-0.3, -0.25) is 9.69 Å². The monoisotopic (exact) mass is 424 g/mol. The minimum absolute atomic E-state index is 0.0227. The molecule has 2 aromatic heterocycles. The number of aromatic nitrogens is 2. The van der Waals surface area contributed by atoms with Crippen molar-refractivity contribution in [3.63, 3.8) is 0 Å². The Kier molecular flexibility index (Phi) is 6.41. The summed E-state index contributed by atoms with van der Waals surface area (Å²) >= 11 is 1.55. The highest BCUT2D eigenvalue weighted by Gasteiger charge is 2.30. The van der Waals surface area contributed by atoms with Crippen LogP contribution in [-0.2, 0) is 17.7 Å². The molecule has 1 atom stereocenters. The van der Waals surface area contributed by atoms with Gasteiger partial charge in [0.1, 0.15) is 5.82 Å². The lowest BCUT2D eigenvalue weighted by Gasteiger charge is -2.33. The smallest absolute Gasteiger partial charge is 0.261 e. The molecule has 1 aliphatic rings. The first-order chi connectivity index (χ1) is 14.5. The van der Waals surface area contributed by atoms with E-state index in [1.54, 1.807) is 11.3 Å². The maximum absolute atomic E-state index is 12.9. The summed E-state index contributed by atoms with van der Waals surface area (Å²) in [6.45, 7) is 9.01. The number of fused-ring (bicyclic) bond motifs is 1. The minimum atomic E-state index is -0.140. The third-order valence-electron chi connectivity index (χ3n) is 5.21. The van der Waals surface area contributed by atoms with Crippen LogP contribution in [0.4, 0.5) is 0 Å². The second-order valence-electron chi connectivity index (χ2n) is 7.92. The molecule has 158 valence electrons. The van der Waals surface area contributed by atoms with E-state index in [-0.39, 0.29) is 18.1 Å². The minimum Gasteiger partial charge on any atom is -0.371 e. The van der Waals surface area contributed by atoms with Gasteiger partial charge >= 0.3 is 0 Å². The highest BCUT2D eigenvalue weighted by atomic mass is 32.1. The Morgan fingerprint density at radius 1 is 1.30 bits per heavy atom. The van der Waals surface area contributed by atoms with Crippen molar-refractivity contribution in [2.75, 3.05) is 19.7 Å². The van der Waals surface area contributed by atoms with E-state index in [9.17, 15) is 4.79 Å². The Bertz CT molecular complexity index is 1020. The van der Waals surface area contributed by atoms with E-state index < -0.39 is 0 Å². The average Bonchev–Trinajstić information content (AvgIpc) is 3.14. The summed E-state index contributed by atoms with van der Waals surface area (Å²) in [7, 11) is 0. The van der Waals surface area contributed by atoms with Crippen LogP contribution in [0.5, 0.6) is 0 Å². The first kappa shape index (κ1) is 20.9. The van der Waals surface area contributed by atoms with Crippen molar-refractivity contribution in [1.82, 2.24) is 20.2 Å². The molecule has 3 aromatic rings. The summed E-state index contributed by atoms with van der Waals surface area (Å²) < 4.78 is 7.30. The van der Waals surface area contributed by atoms with Gasteiger partial charge in [-0.05, 0) is 25.3 Å². The molecule has 0 saturated carbocycles. The SMILES string of the molecule is CCc1ncc(CN2CCO[C@H](c3c(C(=O)NC(C)C)sc4ccccc34)C2)cn1. The van der Waals surface area contributed by atoms with Gasteiger partial charge in [0.25, 0.3) is 5.91 Å². The average molecular weight is 425 g/mol. The van der Waals surface area contributed by atoms with Gasteiger partial charge < -0.3 is 10.1 Å². The van der Waals surface area contributed by atoms with E-state index >= 15 is 0 Å². The van der Waals surface area contributed by atoms with E-state index in [0.717, 1.165) is 58.0 Å². The molecule has 0 bridgehead atoms. The van der Waals surface area contributed by atoms with E-state index in [1.807, 2.05) is 38.4 Å². The fourth-order valence-electron chi connectivity index (χ4n) is 3.81. The summed E-state index contributed by atoms with van der Waals surface area (Å²) in [5.74, 6) is 0.842. The van der Waals surface area contributed by atoms with E-state index in [0.29, 0.717) is 6.61 Å². The standard InChI is InChI=1S/C23H28N4O2S/c1-4-20-24-11-16(12-25-20)13-27-9-10-29-18(14-27)21-17-7-5-6-8-19(17)30-22(21)23(28)26-15(2)3/h5-8,11-12,15,18H,4,9-10,13-14H2,1-3H3,(H,26,28)/t18-/m0/s1. The van der Waals surface area contributed by atoms with Crippen LogP contribution in [0, 0.1) is 0 Å². The molecule has 1 fully saturated rings. The molecule has 6 nitrogen and oxygen atoms in total. The van der Waals surface area contributed by atoms with Crippen LogP contribution >= 0.6 is 11.3 Å². The fraction of sp³-hybridized carbons (Fsp3) is 0.435. The molecular weight excluding hydrogens is 396 g/mol. The van der Waals surface area contributed by atoms with Crippen molar-refractivity contribution in [2.45, 2.75) is 45.9 Å². The zero-order chi connectivity index (χ0) is 21.1. The van der Waals surface area contributed by atoms with Crippen LogP contribution in [0.1, 0.15) is 53.5 Å². The Labute approximate surface area is 181 Å². The Balaban J connectivity index is 1.59. The fourth-order valence-corrected chi connectivity index (χ4v) is 4.96. The number of carbonyl (C=O) groups is 1. The number of rotatable bonds is 6. The van der Waals surface area contributed by atoms with Crippen LogP contribution in [0.25, 0.3) is 10.1 Å². The number of hydrogen-bond acceptors (Lipinski definition) is 6. The maximum atomic E-state index is 12.9. The Morgan fingerprint density at radius 2 is 2.07 bits per heavy atom. The summed E-state index contributed by atoms with van der Waals surface area (Å²) in [6.07, 6.45) is 4.53. The number of hydrogen-bond donors (Lipinski definition) is 1. The summed E-state index contributed by atoms with van der Waals surface area (Å²) in [5, 5.41) is 4.16. The van der Waals surface area contributed by atoms with Crippen LogP contribution < -0.4 is 5.32 Å². The highest BCUT2D eigenvalue weighted by Crippen LogP contribution is 2.38. The van der Waals surface area contributed by atoms with Gasteiger partial charge in [0.05, 0.1) is 17.6 Å². The second kappa shape index (κ2) is 9.20. The molecule has 1 saturated heterocycles. The van der Waals surface area contributed by atoms with Crippen LogP contribution in [0.2, 0.25) is 0 Å². The number of thiophene rings is 1. The molecule has 0 unspecified atom stereocenters. The summed E-state index contributed by atoms with van der Waals surface area (Å²) in [5.41, 5.74) is 2.11. The van der Waals surface area contributed by atoms with E-state index in [4.69, 9.17) is 4.74 Å². The lowest BCUT2D eigenvalue weighted by molar-refractivity contribution is -0.0323. The van der Waals surface area contributed by atoms with Gasteiger partial charge in [0, 0.05) is 60.3 Å². The number of amides is 1. The molecule has 0 radical (unpaired) electrons. The number of nitrogens with zero attached hydrogens (tertiary/aromatic N) is 3. The maximum Gasteiger partial charge on any atom is 0.261 e. The highest BCUT2D eigenvalue weighted by molar-refractivity contribution is 7.21. The normalized spacial score (nSPS) is 17.5. The lowest BCUT2D eigenvalue weighted by atomic mass is 10.0. The molecular formula is C23H28N4O2S. The number of benzene rings is 1. The number of nitrogens with one attached hydrogen (secondary N) is 1. The van der Waals surface area contributed by atoms with Crippen molar-refractivity contribution in [2.24, 2.45) is 0 Å². The molecule has 0 aliphatic carbocycles. The van der Waals surface area contributed by atoms with Gasteiger partial charge in [-0.15, -0.1) is 11.3 Å². The van der Waals surface area contributed by atoms with Gasteiger partial charge in [0.2, 0.25) is 0 Å². The molecule has 1 aromatic carbocycles. The number of morpholine rings is 1. The topological polar surface area (TPSA) is 67.4 Å². The quantitative estimate of drug-likeness (QED) is 0.649. The van der Waals surface area contributed by atoms with Crippen LogP contribution in [0.3, 0.4) is 0 Å². The lowest BCUT2D eigenvalue weighted by Crippen LogP contribution is -2.38. The third kappa shape index (κ3) is 4.53. The van der Waals surface area contributed by atoms with Gasteiger partial charge in [-0.1, -0.05) is 25.1 Å². The number of ether oxygens (including phenoxy) is 1. The Morgan fingerprint density at radius 3 is 2.80 bits per heavy atom. The van der Waals surface area contributed by atoms with Crippen LogP contribution in [-0.4, -0.2) is 46.5 Å². The molecule has 4 rings (SSSR count). The van der Waals surface area contributed by atoms with Crippen molar-refractivity contribution >= 4 is 27.3 Å². The molecule has 1 N–H and O–H groups in total. The predicted molar refractivity (Wildman–Crippen MR) is 120 cm³/mol. The first-order valence-electron chi connectivity index (χ1n) is 10.5. The van der Waals surface area contributed by atoms with Crippen molar-refractivity contribution in [3.05, 3.63) is 58.5 Å². The largest absolute Gasteiger partial charge is 0.371 e. The third-order valence-corrected chi connectivity index (χ3v) is 6.40. The van der Waals surface area contributed by atoms with Crippen LogP contribution in [0.15, 0.2) is 36.7 Å². The van der Waals surface area contributed by atoms with Crippen molar-refractivity contribution in [1.29, 1.82) is 0 Å². The van der Waals surface area contributed by atoms with Gasteiger partial charge in [-0.25, -0.2) is 9.97 Å². The van der Waals surface area contributed by atoms with Gasteiger partial charge in [-0.2, -0.15) is 0 Å². The summed E-state index contributed by atoms with van der Waals surface area (Å²) in [6, 6.07) is 8.29. The molecule has 1 aliphatic heterocycles. The zero-order valence-electron chi connectivity index (χ0n) is 17.7. The number of aryl methyl sites for hydroxylation is 1. The van der Waals surface area contributed by atoms with Crippen molar-refractivity contribution in [3.8, 4) is 0 Å². The molecule has 3 heterocycles. The molecule has 30 heavy (non-hydrogen) atoms. The zero-order valence-corrected chi connectivity index (χ0v) is 18.5. The van der Waals surface area contributed by atoms with E-state index in [1.165, 1.54) is 0 Å². The first-order valence-corrected chi connectivity index (χ1v) is 11.3. The van der Waals surface area contributed by atoms with E-state index in [2.05, 4.69) is 39.2 Å². The van der Waals surface area contributed by atoms with Crippen molar-refractivity contribution < 1.29 is 9.53 Å². The second-order valence-corrected chi connectivity index (χ2v) is 8.98. The summed E-state index contributed by atoms with van der Waals surface area (Å²) in [4.78, 5) is 24.9. The Hall–Kier alpha value is -2.35. The molecule has 7 heteroatoms. The molecule has 1 amide bonds. The molecule has 0 spiro atoms. The number of carbonyl (C=O) groups excluding carboxylic acids is 1. The predicted octanol–water partition coefficient (Wildman–Crippen LogP) is 3.97. The van der Waals surface area contributed by atoms with Gasteiger partial charge in [0.15, 0.2) is 0 Å².